The molecule has 4 heteroatoms. The molecule has 0 atom stereocenters. The summed E-state index contributed by atoms with van der Waals surface area (Å²) in [6.07, 6.45) is 0. The number of rotatable bonds is 2. The van der Waals surface area contributed by atoms with Gasteiger partial charge in [0.05, 0.1) is 29.2 Å². The van der Waals surface area contributed by atoms with Gasteiger partial charge in [0.2, 0.25) is 0 Å². The van der Waals surface area contributed by atoms with Crippen LogP contribution in [-0.2, 0) is 4.74 Å². The van der Waals surface area contributed by atoms with Crippen LogP contribution in [0.4, 0.5) is 0 Å². The van der Waals surface area contributed by atoms with E-state index in [1.165, 1.54) is 7.11 Å². The summed E-state index contributed by atoms with van der Waals surface area (Å²) in [5.41, 5.74) is 4.35. The molecule has 0 amide bonds. The quantitative estimate of drug-likeness (QED) is 0.573. The molecule has 1 aromatic carbocycles. The molecule has 0 aliphatic carbocycles. The van der Waals surface area contributed by atoms with E-state index in [0.29, 0.717) is 11.1 Å². The van der Waals surface area contributed by atoms with Gasteiger partial charge in [0.15, 0.2) is 0 Å². The number of hydrogen-bond acceptors (Lipinski definition) is 3. The first kappa shape index (κ1) is 12.7. The van der Waals surface area contributed by atoms with Crippen LogP contribution < -0.4 is 0 Å². The summed E-state index contributed by atoms with van der Waals surface area (Å²) in [4.78, 5) is 12.0. The van der Waals surface area contributed by atoms with Crippen LogP contribution in [0, 0.1) is 0 Å². The molecular formula is C18H13NO3. The average molecular weight is 291 g/mol. The third kappa shape index (κ3) is 1.55. The molecule has 0 fully saturated rings. The predicted octanol–water partition coefficient (Wildman–Crippen LogP) is 3.69. The molecule has 0 aliphatic rings. The maximum Gasteiger partial charge on any atom is 0.340 e. The largest absolute Gasteiger partial charge is 0.505 e. The van der Waals surface area contributed by atoms with E-state index in [2.05, 4.69) is 0 Å². The molecule has 0 spiro atoms. The summed E-state index contributed by atoms with van der Waals surface area (Å²) in [5, 5.41) is 10.6. The summed E-state index contributed by atoms with van der Waals surface area (Å²) in [6.45, 7) is 0. The number of ether oxygens (including phenoxy) is 1. The van der Waals surface area contributed by atoms with Gasteiger partial charge in [-0.2, -0.15) is 0 Å². The molecule has 4 nitrogen and oxygen atoms in total. The van der Waals surface area contributed by atoms with Crippen molar-refractivity contribution in [3.8, 4) is 16.9 Å². The van der Waals surface area contributed by atoms with E-state index >= 15 is 0 Å². The topological polar surface area (TPSA) is 50.9 Å². The van der Waals surface area contributed by atoms with Crippen molar-refractivity contribution >= 4 is 22.5 Å². The van der Waals surface area contributed by atoms with Gasteiger partial charge in [0, 0.05) is 5.56 Å². The second-order valence-corrected chi connectivity index (χ2v) is 5.16. The van der Waals surface area contributed by atoms with Gasteiger partial charge in [-0.1, -0.05) is 36.4 Å². The lowest BCUT2D eigenvalue weighted by molar-refractivity contribution is 0.0603. The zero-order chi connectivity index (χ0) is 15.3. The SMILES string of the molecule is COC(=O)c1cc2c(-c3ccccc3)c(O)c3cccc1n32. The first-order chi connectivity index (χ1) is 10.7. The Hall–Kier alpha value is -3.01. The summed E-state index contributed by atoms with van der Waals surface area (Å²) >= 11 is 0. The molecule has 108 valence electrons. The second kappa shape index (κ2) is 4.49. The molecule has 0 bridgehead atoms. The fraction of sp³-hybridized carbons (Fsp3) is 0.0556. The molecule has 3 heterocycles. The van der Waals surface area contributed by atoms with Crippen molar-refractivity contribution < 1.29 is 14.6 Å². The lowest BCUT2D eigenvalue weighted by Crippen LogP contribution is -2.00. The van der Waals surface area contributed by atoms with E-state index in [0.717, 1.165) is 22.2 Å². The number of hydrogen-bond donors (Lipinski definition) is 1. The number of benzene rings is 1. The molecule has 4 rings (SSSR count). The number of esters is 1. The van der Waals surface area contributed by atoms with Gasteiger partial charge < -0.3 is 14.2 Å². The summed E-state index contributed by atoms with van der Waals surface area (Å²) in [7, 11) is 1.37. The highest BCUT2D eigenvalue weighted by Crippen LogP contribution is 2.42. The Labute approximate surface area is 126 Å². The zero-order valence-electron chi connectivity index (χ0n) is 11.9. The van der Waals surface area contributed by atoms with Gasteiger partial charge in [-0.3, -0.25) is 0 Å². The number of aromatic nitrogens is 1. The highest BCUT2D eigenvalue weighted by molar-refractivity contribution is 6.06. The molecule has 3 aromatic heterocycles. The Morgan fingerprint density at radius 2 is 1.73 bits per heavy atom. The fourth-order valence-electron chi connectivity index (χ4n) is 3.04. The van der Waals surface area contributed by atoms with Gasteiger partial charge in [-0.15, -0.1) is 0 Å². The van der Waals surface area contributed by atoms with Crippen molar-refractivity contribution in [1.82, 2.24) is 4.40 Å². The van der Waals surface area contributed by atoms with E-state index in [-0.39, 0.29) is 11.7 Å². The lowest BCUT2D eigenvalue weighted by atomic mass is 10.1. The van der Waals surface area contributed by atoms with Crippen LogP contribution in [0.15, 0.2) is 54.6 Å². The smallest absolute Gasteiger partial charge is 0.340 e. The van der Waals surface area contributed by atoms with E-state index in [9.17, 15) is 9.90 Å². The van der Waals surface area contributed by atoms with Crippen molar-refractivity contribution in [2.45, 2.75) is 0 Å². The van der Waals surface area contributed by atoms with Crippen molar-refractivity contribution in [3.05, 3.63) is 60.2 Å². The van der Waals surface area contributed by atoms with E-state index in [1.54, 1.807) is 6.07 Å². The molecule has 4 aromatic rings. The summed E-state index contributed by atoms with van der Waals surface area (Å²) < 4.78 is 6.75. The Morgan fingerprint density at radius 1 is 1.00 bits per heavy atom. The Morgan fingerprint density at radius 3 is 2.45 bits per heavy atom. The number of carbonyl (C=O) groups is 1. The third-order valence-corrected chi connectivity index (χ3v) is 3.99. The molecule has 0 saturated carbocycles. The van der Waals surface area contributed by atoms with Crippen molar-refractivity contribution in [3.63, 3.8) is 0 Å². The van der Waals surface area contributed by atoms with Gasteiger partial charge >= 0.3 is 5.97 Å². The summed E-state index contributed by atoms with van der Waals surface area (Å²) in [6, 6.07) is 16.9. The first-order valence-electron chi connectivity index (χ1n) is 6.94. The van der Waals surface area contributed by atoms with Crippen LogP contribution in [0.1, 0.15) is 10.4 Å². The van der Waals surface area contributed by atoms with Gasteiger partial charge in [-0.05, 0) is 23.8 Å². The standard InChI is InChI=1S/C18H13NO3/c1-22-18(21)12-10-15-16(11-6-3-2-4-7-11)17(20)14-9-5-8-13(12)19(14)15/h2-10,20H,1H3. The Kier molecular flexibility index (Phi) is 2.60. The van der Waals surface area contributed by atoms with Gasteiger partial charge in [0.1, 0.15) is 5.75 Å². The van der Waals surface area contributed by atoms with Crippen molar-refractivity contribution in [2.75, 3.05) is 7.11 Å². The van der Waals surface area contributed by atoms with Crippen molar-refractivity contribution in [2.24, 2.45) is 0 Å². The van der Waals surface area contributed by atoms with Crippen LogP contribution in [-0.4, -0.2) is 22.6 Å². The highest BCUT2D eigenvalue weighted by Gasteiger charge is 2.23. The van der Waals surface area contributed by atoms with Crippen LogP contribution >= 0.6 is 0 Å². The molecule has 1 N–H and O–H groups in total. The Bertz CT molecular complexity index is 986. The maximum absolute atomic E-state index is 12.0. The van der Waals surface area contributed by atoms with E-state index < -0.39 is 0 Å². The Balaban J connectivity index is 2.15. The number of pyridine rings is 1. The van der Waals surface area contributed by atoms with Crippen LogP contribution in [0.5, 0.6) is 5.75 Å². The predicted molar refractivity (Wildman–Crippen MR) is 84.5 cm³/mol. The monoisotopic (exact) mass is 291 g/mol. The first-order valence-corrected chi connectivity index (χ1v) is 6.94. The minimum Gasteiger partial charge on any atom is -0.505 e. The van der Waals surface area contributed by atoms with Crippen LogP contribution in [0.25, 0.3) is 27.7 Å². The maximum atomic E-state index is 12.0. The number of carbonyl (C=O) groups excluding carboxylic acids is 1. The minimum atomic E-state index is -0.380. The normalized spacial score (nSPS) is 11.3. The molecular weight excluding hydrogens is 278 g/mol. The van der Waals surface area contributed by atoms with Gasteiger partial charge in [0.25, 0.3) is 0 Å². The zero-order valence-corrected chi connectivity index (χ0v) is 11.9. The van der Waals surface area contributed by atoms with Crippen LogP contribution in [0.3, 0.4) is 0 Å². The van der Waals surface area contributed by atoms with Gasteiger partial charge in [-0.25, -0.2) is 4.79 Å². The molecule has 0 radical (unpaired) electrons. The second-order valence-electron chi connectivity index (χ2n) is 5.16. The third-order valence-electron chi connectivity index (χ3n) is 3.99. The van der Waals surface area contributed by atoms with Crippen LogP contribution in [0.2, 0.25) is 0 Å². The van der Waals surface area contributed by atoms with E-state index in [4.69, 9.17) is 4.74 Å². The molecule has 0 unspecified atom stereocenters. The molecule has 0 saturated heterocycles. The highest BCUT2D eigenvalue weighted by atomic mass is 16.5. The summed E-state index contributed by atoms with van der Waals surface area (Å²) in [5.74, 6) is -0.155. The minimum absolute atomic E-state index is 0.225. The fourth-order valence-corrected chi connectivity index (χ4v) is 3.04. The average Bonchev–Trinajstić information content (AvgIpc) is 3.07. The molecule has 22 heavy (non-hydrogen) atoms. The number of aromatic hydroxyl groups is 1. The van der Waals surface area contributed by atoms with Crippen molar-refractivity contribution in [1.29, 1.82) is 0 Å². The molecule has 0 aliphatic heterocycles. The number of nitrogens with zero attached hydrogens (tertiary/aromatic N) is 1. The van der Waals surface area contributed by atoms with E-state index in [1.807, 2.05) is 52.9 Å². The number of methoxy groups -OCH3 is 1. The lowest BCUT2D eigenvalue weighted by Gasteiger charge is -2.01.